The van der Waals surface area contributed by atoms with Crippen LogP contribution in [0.1, 0.15) is 23.2 Å². The summed E-state index contributed by atoms with van der Waals surface area (Å²) in [5, 5.41) is 3.22. The standard InChI is InChI=1S/C11H14FN3OS/c12-7-4-9(10(13)14-5-7)11(16)15-6-8-2-1-3-17-8/h4-5,8H,1-3,6H2,(H2,13,14)(H,15,16). The first-order chi connectivity index (χ1) is 8.16. The van der Waals surface area contributed by atoms with Gasteiger partial charge < -0.3 is 11.1 Å². The first-order valence-electron chi connectivity index (χ1n) is 5.47. The molecule has 0 bridgehead atoms. The predicted molar refractivity (Wildman–Crippen MR) is 66.4 cm³/mol. The first-order valence-corrected chi connectivity index (χ1v) is 6.52. The molecule has 4 nitrogen and oxygen atoms in total. The van der Waals surface area contributed by atoms with Crippen LogP contribution < -0.4 is 11.1 Å². The van der Waals surface area contributed by atoms with E-state index in [9.17, 15) is 9.18 Å². The zero-order chi connectivity index (χ0) is 12.3. The highest BCUT2D eigenvalue weighted by Crippen LogP contribution is 2.25. The number of hydrogen-bond acceptors (Lipinski definition) is 4. The van der Waals surface area contributed by atoms with Crippen molar-refractivity contribution in [2.75, 3.05) is 18.0 Å². The number of rotatable bonds is 3. The van der Waals surface area contributed by atoms with Crippen molar-refractivity contribution in [1.29, 1.82) is 0 Å². The quantitative estimate of drug-likeness (QED) is 0.857. The molecule has 1 unspecified atom stereocenters. The maximum absolute atomic E-state index is 12.9. The molecule has 0 aliphatic carbocycles. The third kappa shape index (κ3) is 3.09. The second-order valence-corrected chi connectivity index (χ2v) is 5.34. The van der Waals surface area contributed by atoms with Gasteiger partial charge in [0, 0.05) is 11.8 Å². The molecular weight excluding hydrogens is 241 g/mol. The molecular formula is C11H14FN3OS. The maximum Gasteiger partial charge on any atom is 0.255 e. The average molecular weight is 255 g/mol. The second-order valence-electron chi connectivity index (χ2n) is 3.93. The Hall–Kier alpha value is -1.30. The van der Waals surface area contributed by atoms with Gasteiger partial charge in [-0.1, -0.05) is 0 Å². The summed E-state index contributed by atoms with van der Waals surface area (Å²) >= 11 is 1.85. The lowest BCUT2D eigenvalue weighted by molar-refractivity contribution is 0.0954. The SMILES string of the molecule is Nc1ncc(F)cc1C(=O)NCC1CCCS1. The fourth-order valence-corrected chi connectivity index (χ4v) is 2.94. The van der Waals surface area contributed by atoms with Crippen LogP contribution in [-0.2, 0) is 0 Å². The molecule has 1 atom stereocenters. The van der Waals surface area contributed by atoms with Crippen LogP contribution in [0.15, 0.2) is 12.3 Å². The summed E-state index contributed by atoms with van der Waals surface area (Å²) in [5.41, 5.74) is 5.63. The van der Waals surface area contributed by atoms with E-state index in [2.05, 4.69) is 10.3 Å². The van der Waals surface area contributed by atoms with E-state index in [4.69, 9.17) is 5.73 Å². The Morgan fingerprint density at radius 1 is 1.71 bits per heavy atom. The number of carbonyl (C=O) groups excluding carboxylic acids is 1. The van der Waals surface area contributed by atoms with Crippen LogP contribution in [0.3, 0.4) is 0 Å². The highest BCUT2D eigenvalue weighted by molar-refractivity contribution is 8.00. The zero-order valence-corrected chi connectivity index (χ0v) is 10.1. The fourth-order valence-electron chi connectivity index (χ4n) is 1.74. The number of nitrogens with one attached hydrogen (secondary N) is 1. The summed E-state index contributed by atoms with van der Waals surface area (Å²) in [7, 11) is 0. The number of anilines is 1. The van der Waals surface area contributed by atoms with Gasteiger partial charge in [0.05, 0.1) is 11.8 Å². The number of halogens is 1. The van der Waals surface area contributed by atoms with Crippen molar-refractivity contribution in [3.05, 3.63) is 23.6 Å². The largest absolute Gasteiger partial charge is 0.383 e. The van der Waals surface area contributed by atoms with Crippen LogP contribution in [0.5, 0.6) is 0 Å². The van der Waals surface area contributed by atoms with Gasteiger partial charge in [0.2, 0.25) is 0 Å². The summed E-state index contributed by atoms with van der Waals surface area (Å²) < 4.78 is 12.9. The Labute approximate surface area is 103 Å². The highest BCUT2D eigenvalue weighted by Gasteiger charge is 2.18. The van der Waals surface area contributed by atoms with E-state index >= 15 is 0 Å². The van der Waals surface area contributed by atoms with E-state index in [1.807, 2.05) is 11.8 Å². The molecule has 1 fully saturated rings. The monoisotopic (exact) mass is 255 g/mol. The van der Waals surface area contributed by atoms with E-state index in [1.165, 1.54) is 6.42 Å². The molecule has 1 saturated heterocycles. The van der Waals surface area contributed by atoms with Crippen molar-refractivity contribution < 1.29 is 9.18 Å². The maximum atomic E-state index is 12.9. The van der Waals surface area contributed by atoms with Crippen LogP contribution in [0.25, 0.3) is 0 Å². The first kappa shape index (κ1) is 12.2. The summed E-state index contributed by atoms with van der Waals surface area (Å²) in [4.78, 5) is 15.4. The number of aromatic nitrogens is 1. The Kier molecular flexibility index (Phi) is 3.83. The Balaban J connectivity index is 1.96. The van der Waals surface area contributed by atoms with Crippen molar-refractivity contribution in [2.24, 2.45) is 0 Å². The molecule has 1 amide bonds. The van der Waals surface area contributed by atoms with Gasteiger partial charge in [-0.2, -0.15) is 11.8 Å². The normalized spacial score (nSPS) is 19.2. The zero-order valence-electron chi connectivity index (χ0n) is 9.28. The number of nitrogens with two attached hydrogens (primary N) is 1. The Morgan fingerprint density at radius 2 is 2.53 bits per heavy atom. The minimum absolute atomic E-state index is 0.0583. The number of amides is 1. The van der Waals surface area contributed by atoms with Crippen molar-refractivity contribution >= 4 is 23.5 Å². The summed E-state index contributed by atoms with van der Waals surface area (Å²) in [5.74, 6) is 0.286. The topological polar surface area (TPSA) is 68.0 Å². The summed E-state index contributed by atoms with van der Waals surface area (Å²) in [6, 6.07) is 1.11. The van der Waals surface area contributed by atoms with Crippen molar-refractivity contribution in [3.63, 3.8) is 0 Å². The molecule has 6 heteroatoms. The minimum Gasteiger partial charge on any atom is -0.383 e. The molecule has 1 aromatic rings. The fraction of sp³-hybridized carbons (Fsp3) is 0.455. The summed E-state index contributed by atoms with van der Waals surface area (Å²) in [6.45, 7) is 0.597. The van der Waals surface area contributed by atoms with Gasteiger partial charge in [0.25, 0.3) is 5.91 Å². The van der Waals surface area contributed by atoms with E-state index in [0.717, 1.165) is 24.4 Å². The third-order valence-electron chi connectivity index (χ3n) is 2.64. The minimum atomic E-state index is -0.556. The lowest BCUT2D eigenvalue weighted by Gasteiger charge is -2.10. The smallest absolute Gasteiger partial charge is 0.255 e. The number of pyridine rings is 1. The van der Waals surface area contributed by atoms with E-state index in [1.54, 1.807) is 0 Å². The lowest BCUT2D eigenvalue weighted by Crippen LogP contribution is -2.30. The number of nitrogens with zero attached hydrogens (tertiary/aromatic N) is 1. The Morgan fingerprint density at radius 3 is 3.24 bits per heavy atom. The molecule has 0 aromatic carbocycles. The van der Waals surface area contributed by atoms with Gasteiger partial charge in [-0.3, -0.25) is 4.79 Å². The number of carbonyl (C=O) groups is 1. The van der Waals surface area contributed by atoms with E-state index in [0.29, 0.717) is 11.8 Å². The summed E-state index contributed by atoms with van der Waals surface area (Å²) in [6.07, 6.45) is 3.30. The molecule has 3 N–H and O–H groups in total. The number of hydrogen-bond donors (Lipinski definition) is 2. The van der Waals surface area contributed by atoms with Gasteiger partial charge in [-0.05, 0) is 24.7 Å². The lowest BCUT2D eigenvalue weighted by atomic mass is 10.2. The van der Waals surface area contributed by atoms with Crippen LogP contribution in [0, 0.1) is 5.82 Å². The van der Waals surface area contributed by atoms with Crippen LogP contribution in [0.4, 0.5) is 10.2 Å². The highest BCUT2D eigenvalue weighted by atomic mass is 32.2. The van der Waals surface area contributed by atoms with Gasteiger partial charge in [-0.25, -0.2) is 9.37 Å². The molecule has 1 aromatic heterocycles. The van der Waals surface area contributed by atoms with Gasteiger partial charge in [-0.15, -0.1) is 0 Å². The molecule has 1 aliphatic heterocycles. The molecule has 1 aliphatic rings. The van der Waals surface area contributed by atoms with Crippen LogP contribution in [0.2, 0.25) is 0 Å². The molecule has 0 saturated carbocycles. The van der Waals surface area contributed by atoms with Crippen molar-refractivity contribution in [1.82, 2.24) is 10.3 Å². The average Bonchev–Trinajstić information content (AvgIpc) is 2.82. The molecule has 92 valence electrons. The van der Waals surface area contributed by atoms with E-state index < -0.39 is 5.82 Å². The molecule has 0 radical (unpaired) electrons. The van der Waals surface area contributed by atoms with Crippen molar-refractivity contribution in [3.8, 4) is 0 Å². The predicted octanol–water partition coefficient (Wildman–Crippen LogP) is 1.43. The molecule has 0 spiro atoms. The van der Waals surface area contributed by atoms with Gasteiger partial charge in [0.1, 0.15) is 11.6 Å². The molecule has 2 heterocycles. The van der Waals surface area contributed by atoms with Gasteiger partial charge in [0.15, 0.2) is 0 Å². The van der Waals surface area contributed by atoms with Crippen LogP contribution >= 0.6 is 11.8 Å². The molecule has 2 rings (SSSR count). The Bertz CT molecular complexity index is 421. The second kappa shape index (κ2) is 5.35. The molecule has 17 heavy (non-hydrogen) atoms. The van der Waals surface area contributed by atoms with Crippen molar-refractivity contribution in [2.45, 2.75) is 18.1 Å². The third-order valence-corrected chi connectivity index (χ3v) is 4.04. The van der Waals surface area contributed by atoms with Gasteiger partial charge >= 0.3 is 0 Å². The number of nitrogen functional groups attached to an aromatic ring is 1. The van der Waals surface area contributed by atoms with E-state index in [-0.39, 0.29) is 17.3 Å². The number of thioether (sulfide) groups is 1. The van der Waals surface area contributed by atoms with Crippen LogP contribution in [-0.4, -0.2) is 28.4 Å².